The summed E-state index contributed by atoms with van der Waals surface area (Å²) in [5.41, 5.74) is 2.32. The molecule has 0 fully saturated rings. The van der Waals surface area contributed by atoms with Crippen LogP contribution >= 0.6 is 0 Å². The summed E-state index contributed by atoms with van der Waals surface area (Å²) in [5, 5.41) is 17.4. The summed E-state index contributed by atoms with van der Waals surface area (Å²) >= 11 is 0. The van der Waals surface area contributed by atoms with Crippen LogP contribution in [0.2, 0.25) is 0 Å². The van der Waals surface area contributed by atoms with Gasteiger partial charge in [-0.3, -0.25) is 0 Å². The second kappa shape index (κ2) is 4.45. The van der Waals surface area contributed by atoms with E-state index in [0.29, 0.717) is 5.69 Å². The molecule has 0 unspecified atom stereocenters. The minimum absolute atomic E-state index is 0.246. The summed E-state index contributed by atoms with van der Waals surface area (Å²) in [6, 6.07) is 11.9. The molecular formula is C13H8N2O2. The number of rotatable bonds is 2. The normalized spacial score (nSPS) is 9.59. The summed E-state index contributed by atoms with van der Waals surface area (Å²) in [7, 11) is 0. The molecule has 4 heteroatoms. The molecule has 1 N–H and O–H groups in total. The van der Waals surface area contributed by atoms with Crippen molar-refractivity contribution in [1.29, 1.82) is 5.26 Å². The van der Waals surface area contributed by atoms with Crippen LogP contribution in [0.15, 0.2) is 42.6 Å². The van der Waals surface area contributed by atoms with Gasteiger partial charge in [-0.15, -0.1) is 0 Å². The lowest BCUT2D eigenvalue weighted by Gasteiger charge is -2.01. The number of hydrogen-bond acceptors (Lipinski definition) is 3. The third-order valence-electron chi connectivity index (χ3n) is 2.34. The molecule has 1 heterocycles. The van der Waals surface area contributed by atoms with Gasteiger partial charge in [0.05, 0.1) is 5.56 Å². The highest BCUT2D eigenvalue weighted by molar-refractivity contribution is 5.88. The van der Waals surface area contributed by atoms with Gasteiger partial charge in [-0.2, -0.15) is 5.26 Å². The highest BCUT2D eigenvalue weighted by Crippen LogP contribution is 2.18. The predicted octanol–water partition coefficient (Wildman–Crippen LogP) is 2.32. The van der Waals surface area contributed by atoms with Crippen LogP contribution in [-0.2, 0) is 0 Å². The van der Waals surface area contributed by atoms with E-state index in [1.807, 2.05) is 6.07 Å². The summed E-state index contributed by atoms with van der Waals surface area (Å²) in [6.45, 7) is 0. The van der Waals surface area contributed by atoms with E-state index in [4.69, 9.17) is 10.4 Å². The van der Waals surface area contributed by atoms with E-state index in [9.17, 15) is 4.79 Å². The fourth-order valence-electron chi connectivity index (χ4n) is 1.44. The van der Waals surface area contributed by atoms with Crippen molar-refractivity contribution in [2.75, 3.05) is 0 Å². The quantitative estimate of drug-likeness (QED) is 0.849. The Morgan fingerprint density at radius 1 is 1.12 bits per heavy atom. The highest BCUT2D eigenvalue weighted by atomic mass is 16.4. The topological polar surface area (TPSA) is 74.0 Å². The zero-order valence-corrected chi connectivity index (χ0v) is 8.79. The summed E-state index contributed by atoms with van der Waals surface area (Å²) < 4.78 is 0. The Morgan fingerprint density at radius 3 is 2.24 bits per heavy atom. The molecule has 0 saturated carbocycles. The molecule has 0 aliphatic rings. The number of carboxylic acids is 1. The van der Waals surface area contributed by atoms with Gasteiger partial charge < -0.3 is 5.11 Å². The number of nitrogens with zero attached hydrogens (tertiary/aromatic N) is 2. The Morgan fingerprint density at radius 2 is 1.76 bits per heavy atom. The highest BCUT2D eigenvalue weighted by Gasteiger charge is 2.03. The number of aromatic nitrogens is 1. The van der Waals surface area contributed by atoms with Crippen LogP contribution in [0.1, 0.15) is 16.1 Å². The van der Waals surface area contributed by atoms with Crippen LogP contribution < -0.4 is 0 Å². The van der Waals surface area contributed by atoms with E-state index in [2.05, 4.69) is 4.98 Å². The predicted molar refractivity (Wildman–Crippen MR) is 61.3 cm³/mol. The molecule has 1 aromatic carbocycles. The van der Waals surface area contributed by atoms with Crippen molar-refractivity contribution in [3.8, 4) is 17.2 Å². The van der Waals surface area contributed by atoms with Gasteiger partial charge in [0, 0.05) is 11.8 Å². The fourth-order valence-corrected chi connectivity index (χ4v) is 1.44. The maximum atomic E-state index is 10.7. The molecule has 4 nitrogen and oxygen atoms in total. The van der Waals surface area contributed by atoms with Crippen LogP contribution in [0.4, 0.5) is 0 Å². The zero-order valence-electron chi connectivity index (χ0n) is 8.79. The Hall–Kier alpha value is -2.67. The van der Waals surface area contributed by atoms with Gasteiger partial charge in [-0.05, 0) is 29.8 Å². The fraction of sp³-hybridized carbons (Fsp3) is 0. The third-order valence-corrected chi connectivity index (χ3v) is 2.34. The van der Waals surface area contributed by atoms with Crippen molar-refractivity contribution in [2.45, 2.75) is 0 Å². The van der Waals surface area contributed by atoms with E-state index in [1.165, 1.54) is 12.1 Å². The minimum atomic E-state index is -0.950. The number of aromatic carboxylic acids is 1. The van der Waals surface area contributed by atoms with Crippen molar-refractivity contribution in [1.82, 2.24) is 4.98 Å². The zero-order chi connectivity index (χ0) is 12.3. The first-order chi connectivity index (χ1) is 8.20. The molecule has 0 amide bonds. The average molecular weight is 224 g/mol. The second-order valence-corrected chi connectivity index (χ2v) is 3.43. The Kier molecular flexibility index (Phi) is 2.84. The summed E-state index contributed by atoms with van der Waals surface area (Å²) in [5.74, 6) is -0.950. The van der Waals surface area contributed by atoms with Crippen LogP contribution in [0.3, 0.4) is 0 Å². The number of benzene rings is 1. The standard InChI is InChI=1S/C13H8N2O2/c14-7-12-6-5-11(8-15-12)9-1-3-10(4-2-9)13(16)17/h1-6,8H,(H,16,17). The molecule has 0 bridgehead atoms. The maximum Gasteiger partial charge on any atom is 0.335 e. The molecule has 0 aliphatic heterocycles. The molecule has 17 heavy (non-hydrogen) atoms. The first kappa shape index (κ1) is 10.8. The average Bonchev–Trinajstić information content (AvgIpc) is 2.39. The van der Waals surface area contributed by atoms with E-state index >= 15 is 0 Å². The molecule has 0 atom stereocenters. The van der Waals surface area contributed by atoms with Crippen molar-refractivity contribution >= 4 is 5.97 Å². The maximum absolute atomic E-state index is 10.7. The van der Waals surface area contributed by atoms with E-state index in [0.717, 1.165) is 11.1 Å². The first-order valence-electron chi connectivity index (χ1n) is 4.90. The van der Waals surface area contributed by atoms with Crippen molar-refractivity contribution < 1.29 is 9.90 Å². The van der Waals surface area contributed by atoms with Crippen LogP contribution in [0.5, 0.6) is 0 Å². The van der Waals surface area contributed by atoms with E-state index in [-0.39, 0.29) is 5.56 Å². The summed E-state index contributed by atoms with van der Waals surface area (Å²) in [6.07, 6.45) is 1.59. The van der Waals surface area contributed by atoms with Crippen LogP contribution in [0, 0.1) is 11.3 Å². The lowest BCUT2D eigenvalue weighted by molar-refractivity contribution is 0.0697. The first-order valence-corrected chi connectivity index (χ1v) is 4.90. The van der Waals surface area contributed by atoms with Crippen LogP contribution in [-0.4, -0.2) is 16.1 Å². The number of hydrogen-bond donors (Lipinski definition) is 1. The Bertz CT molecular complexity index is 580. The smallest absolute Gasteiger partial charge is 0.335 e. The van der Waals surface area contributed by atoms with Gasteiger partial charge >= 0.3 is 5.97 Å². The molecule has 1 aromatic heterocycles. The molecule has 82 valence electrons. The SMILES string of the molecule is N#Cc1ccc(-c2ccc(C(=O)O)cc2)cn1. The van der Waals surface area contributed by atoms with Crippen molar-refractivity contribution in [3.05, 3.63) is 53.9 Å². The van der Waals surface area contributed by atoms with Gasteiger partial charge in [-0.25, -0.2) is 9.78 Å². The largest absolute Gasteiger partial charge is 0.478 e. The monoisotopic (exact) mass is 224 g/mol. The number of carbonyl (C=O) groups is 1. The van der Waals surface area contributed by atoms with Gasteiger partial charge in [0.1, 0.15) is 11.8 Å². The minimum Gasteiger partial charge on any atom is -0.478 e. The molecular weight excluding hydrogens is 216 g/mol. The van der Waals surface area contributed by atoms with Gasteiger partial charge in [0.25, 0.3) is 0 Å². The lowest BCUT2D eigenvalue weighted by atomic mass is 10.1. The molecule has 0 aliphatic carbocycles. The summed E-state index contributed by atoms with van der Waals surface area (Å²) in [4.78, 5) is 14.6. The Labute approximate surface area is 97.8 Å². The molecule has 2 aromatic rings. The van der Waals surface area contributed by atoms with E-state index in [1.54, 1.807) is 30.5 Å². The number of pyridine rings is 1. The molecule has 2 rings (SSSR count). The number of carboxylic acid groups (broad SMARTS) is 1. The molecule has 0 radical (unpaired) electrons. The van der Waals surface area contributed by atoms with Gasteiger partial charge in [-0.1, -0.05) is 12.1 Å². The van der Waals surface area contributed by atoms with Gasteiger partial charge in [0.15, 0.2) is 0 Å². The third kappa shape index (κ3) is 2.29. The van der Waals surface area contributed by atoms with Crippen LogP contribution in [0.25, 0.3) is 11.1 Å². The molecule has 0 spiro atoms. The van der Waals surface area contributed by atoms with Crippen molar-refractivity contribution in [3.63, 3.8) is 0 Å². The van der Waals surface area contributed by atoms with Crippen molar-refractivity contribution in [2.24, 2.45) is 0 Å². The second-order valence-electron chi connectivity index (χ2n) is 3.43. The number of nitriles is 1. The van der Waals surface area contributed by atoms with Gasteiger partial charge in [0.2, 0.25) is 0 Å². The lowest BCUT2D eigenvalue weighted by Crippen LogP contribution is -1.95. The molecule has 0 saturated heterocycles. The Balaban J connectivity index is 2.33. The van der Waals surface area contributed by atoms with E-state index < -0.39 is 5.97 Å².